The van der Waals surface area contributed by atoms with Gasteiger partial charge in [0, 0.05) is 13.2 Å². The smallest absolute Gasteiger partial charge is 0.330 e. The molecule has 0 aliphatic carbocycles. The lowest BCUT2D eigenvalue weighted by Crippen LogP contribution is -2.41. The van der Waals surface area contributed by atoms with Gasteiger partial charge in [-0.2, -0.15) is 0 Å². The van der Waals surface area contributed by atoms with Crippen LogP contribution in [-0.4, -0.2) is 26.5 Å². The van der Waals surface area contributed by atoms with E-state index in [1.807, 2.05) is 13.0 Å². The number of aryl methyl sites for hydroxylation is 1. The number of carbonyl (C=O) groups excluding carboxylic acids is 1. The molecule has 8 heteroatoms. The van der Waals surface area contributed by atoms with Crippen molar-refractivity contribution >= 4 is 11.9 Å². The molecule has 0 radical (unpaired) electrons. The molecular weight excluding hydrogens is 314 g/mol. The maximum absolute atomic E-state index is 12.3. The minimum Gasteiger partial charge on any atom is -0.479 e. The monoisotopic (exact) mass is 331 g/mol. The van der Waals surface area contributed by atoms with E-state index in [0.29, 0.717) is 5.56 Å². The molecule has 2 aromatic rings. The lowest BCUT2D eigenvalue weighted by atomic mass is 9.97. The summed E-state index contributed by atoms with van der Waals surface area (Å²) in [6, 6.07) is 3.82. The Bertz CT molecular complexity index is 926. The van der Waals surface area contributed by atoms with Crippen LogP contribution in [0, 0.1) is 13.8 Å². The summed E-state index contributed by atoms with van der Waals surface area (Å²) < 4.78 is 0.739. The van der Waals surface area contributed by atoms with Crippen LogP contribution in [0.3, 0.4) is 0 Å². The molecule has 0 bridgehead atoms. The van der Waals surface area contributed by atoms with Gasteiger partial charge in [0.1, 0.15) is 5.56 Å². The fourth-order valence-corrected chi connectivity index (χ4v) is 2.30. The van der Waals surface area contributed by atoms with E-state index in [9.17, 15) is 24.3 Å². The second kappa shape index (κ2) is 6.53. The second-order valence-corrected chi connectivity index (χ2v) is 5.41. The number of carboxylic acids is 1. The molecule has 0 fully saturated rings. The van der Waals surface area contributed by atoms with E-state index in [1.165, 1.54) is 7.05 Å². The Morgan fingerprint density at radius 3 is 2.54 bits per heavy atom. The molecule has 1 amide bonds. The van der Waals surface area contributed by atoms with E-state index < -0.39 is 29.2 Å². The van der Waals surface area contributed by atoms with E-state index in [2.05, 4.69) is 10.3 Å². The van der Waals surface area contributed by atoms with Crippen LogP contribution in [-0.2, 0) is 11.8 Å². The van der Waals surface area contributed by atoms with Crippen LogP contribution in [0.2, 0.25) is 0 Å². The Balaban J connectivity index is 2.42. The number of benzene rings is 1. The average Bonchev–Trinajstić information content (AvgIpc) is 2.53. The third-order valence-electron chi connectivity index (χ3n) is 3.90. The van der Waals surface area contributed by atoms with E-state index >= 15 is 0 Å². The van der Waals surface area contributed by atoms with Gasteiger partial charge in [-0.05, 0) is 30.5 Å². The van der Waals surface area contributed by atoms with Crippen LogP contribution in [0.25, 0.3) is 0 Å². The molecular formula is C16H17N3O5. The largest absolute Gasteiger partial charge is 0.479 e. The van der Waals surface area contributed by atoms with Crippen LogP contribution in [0.15, 0.2) is 34.0 Å². The van der Waals surface area contributed by atoms with Gasteiger partial charge in [0.15, 0.2) is 6.04 Å². The Hall–Kier alpha value is -3.16. The van der Waals surface area contributed by atoms with Crippen molar-refractivity contribution in [1.82, 2.24) is 14.9 Å². The number of carbonyl (C=O) groups is 2. The van der Waals surface area contributed by atoms with Crippen molar-refractivity contribution < 1.29 is 14.7 Å². The van der Waals surface area contributed by atoms with Crippen molar-refractivity contribution in [2.24, 2.45) is 7.05 Å². The molecule has 1 atom stereocenters. The summed E-state index contributed by atoms with van der Waals surface area (Å²) in [5.41, 5.74) is 0.237. The Kier molecular flexibility index (Phi) is 4.68. The topological polar surface area (TPSA) is 121 Å². The first kappa shape index (κ1) is 17.2. The van der Waals surface area contributed by atoms with Gasteiger partial charge in [0.05, 0.1) is 0 Å². The Morgan fingerprint density at radius 1 is 1.25 bits per heavy atom. The van der Waals surface area contributed by atoms with Gasteiger partial charge >= 0.3 is 11.7 Å². The highest BCUT2D eigenvalue weighted by Gasteiger charge is 2.26. The number of hydrogen-bond acceptors (Lipinski definition) is 4. The highest BCUT2D eigenvalue weighted by atomic mass is 16.4. The summed E-state index contributed by atoms with van der Waals surface area (Å²) in [7, 11) is 1.22. The van der Waals surface area contributed by atoms with Gasteiger partial charge in [-0.1, -0.05) is 18.2 Å². The second-order valence-electron chi connectivity index (χ2n) is 5.41. The van der Waals surface area contributed by atoms with Gasteiger partial charge in [0.25, 0.3) is 11.5 Å². The molecule has 0 aliphatic rings. The van der Waals surface area contributed by atoms with Crippen LogP contribution < -0.4 is 16.6 Å². The molecule has 1 aromatic carbocycles. The zero-order valence-electron chi connectivity index (χ0n) is 13.4. The van der Waals surface area contributed by atoms with Crippen molar-refractivity contribution in [3.8, 4) is 0 Å². The van der Waals surface area contributed by atoms with Crippen molar-refractivity contribution in [2.75, 3.05) is 0 Å². The number of hydrogen-bond donors (Lipinski definition) is 3. The number of H-pyrrole nitrogens is 1. The predicted molar refractivity (Wildman–Crippen MR) is 86.1 cm³/mol. The maximum Gasteiger partial charge on any atom is 0.330 e. The third kappa shape index (κ3) is 3.12. The number of aromatic amines is 1. The van der Waals surface area contributed by atoms with Gasteiger partial charge < -0.3 is 15.4 Å². The maximum atomic E-state index is 12.3. The molecule has 24 heavy (non-hydrogen) atoms. The Morgan fingerprint density at radius 2 is 1.92 bits per heavy atom. The summed E-state index contributed by atoms with van der Waals surface area (Å²) in [5, 5.41) is 11.8. The van der Waals surface area contributed by atoms with Crippen LogP contribution in [0.5, 0.6) is 0 Å². The number of carboxylic acid groups (broad SMARTS) is 1. The molecule has 1 heterocycles. The first-order valence-electron chi connectivity index (χ1n) is 7.12. The first-order chi connectivity index (χ1) is 11.2. The van der Waals surface area contributed by atoms with E-state index in [-0.39, 0.29) is 5.56 Å². The third-order valence-corrected chi connectivity index (χ3v) is 3.90. The van der Waals surface area contributed by atoms with Crippen LogP contribution >= 0.6 is 0 Å². The number of aliphatic carboxylic acids is 1. The van der Waals surface area contributed by atoms with Gasteiger partial charge in [0.2, 0.25) is 0 Å². The molecule has 126 valence electrons. The minimum atomic E-state index is -1.31. The average molecular weight is 331 g/mol. The number of rotatable bonds is 4. The lowest BCUT2D eigenvalue weighted by molar-refractivity contribution is -0.139. The molecule has 1 unspecified atom stereocenters. The summed E-state index contributed by atoms with van der Waals surface area (Å²) in [6.07, 6.45) is 0.974. The molecule has 1 aromatic heterocycles. The van der Waals surface area contributed by atoms with Crippen molar-refractivity contribution in [1.29, 1.82) is 0 Å². The number of nitrogens with zero attached hydrogens (tertiary/aromatic N) is 1. The summed E-state index contributed by atoms with van der Waals surface area (Å²) in [5.74, 6) is -2.13. The van der Waals surface area contributed by atoms with E-state index in [0.717, 1.165) is 21.9 Å². The minimum absolute atomic E-state index is 0.339. The fraction of sp³-hybridized carbons (Fsp3) is 0.250. The van der Waals surface area contributed by atoms with Gasteiger partial charge in [-0.15, -0.1) is 0 Å². The molecule has 3 N–H and O–H groups in total. The van der Waals surface area contributed by atoms with Gasteiger partial charge in [-0.3, -0.25) is 14.2 Å². The standard InChI is InChI=1S/C16H17N3O5/c1-8-5-4-6-10(9(8)2)12(15(22)23)18-13(20)11-7-17-16(24)19(3)14(11)21/h4-7,12H,1-3H3,(H,17,24)(H,18,20)(H,22,23). The summed E-state index contributed by atoms with van der Waals surface area (Å²) in [6.45, 7) is 3.59. The SMILES string of the molecule is Cc1cccc(C(NC(=O)c2c[nH]c(=O)n(C)c2=O)C(=O)O)c1C. The molecule has 0 saturated carbocycles. The quantitative estimate of drug-likeness (QED) is 0.741. The number of amides is 1. The van der Waals surface area contributed by atoms with Gasteiger partial charge in [-0.25, -0.2) is 9.59 Å². The van der Waals surface area contributed by atoms with E-state index in [1.54, 1.807) is 19.1 Å². The van der Waals surface area contributed by atoms with Crippen molar-refractivity contribution in [3.05, 3.63) is 67.5 Å². The number of nitrogens with one attached hydrogen (secondary N) is 2. The van der Waals surface area contributed by atoms with Crippen molar-refractivity contribution in [3.63, 3.8) is 0 Å². The summed E-state index contributed by atoms with van der Waals surface area (Å²) >= 11 is 0. The predicted octanol–water partition coefficient (Wildman–Crippen LogP) is 0.246. The summed E-state index contributed by atoms with van der Waals surface area (Å²) in [4.78, 5) is 49.4. The number of aromatic nitrogens is 2. The lowest BCUT2D eigenvalue weighted by Gasteiger charge is -2.18. The molecule has 0 spiro atoms. The molecule has 0 aliphatic heterocycles. The highest BCUT2D eigenvalue weighted by molar-refractivity contribution is 5.96. The normalized spacial score (nSPS) is 11.8. The highest BCUT2D eigenvalue weighted by Crippen LogP contribution is 2.21. The zero-order valence-corrected chi connectivity index (χ0v) is 13.4. The van der Waals surface area contributed by atoms with E-state index in [4.69, 9.17) is 0 Å². The Labute approximate surface area is 136 Å². The van der Waals surface area contributed by atoms with Crippen LogP contribution in [0.4, 0.5) is 0 Å². The molecule has 8 nitrogen and oxygen atoms in total. The zero-order chi connectivity index (χ0) is 18.0. The fourth-order valence-electron chi connectivity index (χ4n) is 2.30. The molecule has 0 saturated heterocycles. The first-order valence-corrected chi connectivity index (χ1v) is 7.12. The molecule has 2 rings (SSSR count). The van der Waals surface area contributed by atoms with Crippen LogP contribution in [0.1, 0.15) is 33.1 Å². The van der Waals surface area contributed by atoms with Crippen molar-refractivity contribution in [2.45, 2.75) is 19.9 Å².